The van der Waals surface area contributed by atoms with Crippen LogP contribution < -0.4 is 5.32 Å². The molecule has 0 aliphatic carbocycles. The van der Waals surface area contributed by atoms with Crippen molar-refractivity contribution >= 4 is 28.0 Å². The molecule has 1 atom stereocenters. The summed E-state index contributed by atoms with van der Waals surface area (Å²) in [6.45, 7) is 3.84. The van der Waals surface area contributed by atoms with E-state index in [-0.39, 0.29) is 11.5 Å². The molecule has 1 fully saturated rings. The highest BCUT2D eigenvalue weighted by Gasteiger charge is 2.42. The Balaban J connectivity index is 1.22. The summed E-state index contributed by atoms with van der Waals surface area (Å²) in [7, 11) is -1.01. The Morgan fingerprint density at radius 2 is 1.83 bits per heavy atom. The standard InChI is InChI=1S/C28H29N3O3S2/c1-36(33)24-8-6-21(7-9-24)18-30-27(32)25-16-23-10-15-34-28(26(23)35-25)11-13-31(14-12-28)19-22-4-2-20(17-29)3-5-22/h2-9,16H,10-15,18-19H2,1H3,(H,30,32). The maximum atomic E-state index is 13.0. The number of nitrogens with one attached hydrogen (secondary N) is 1. The van der Waals surface area contributed by atoms with Gasteiger partial charge in [-0.2, -0.15) is 5.26 Å². The Morgan fingerprint density at radius 1 is 1.14 bits per heavy atom. The lowest BCUT2D eigenvalue weighted by atomic mass is 9.85. The Hall–Kier alpha value is -2.83. The molecule has 0 radical (unpaired) electrons. The molecule has 1 unspecified atom stereocenters. The molecule has 1 N–H and O–H groups in total. The van der Waals surface area contributed by atoms with E-state index in [0.29, 0.717) is 18.7 Å². The maximum Gasteiger partial charge on any atom is 0.261 e. The number of amides is 1. The fourth-order valence-electron chi connectivity index (χ4n) is 4.99. The summed E-state index contributed by atoms with van der Waals surface area (Å²) < 4.78 is 18.0. The van der Waals surface area contributed by atoms with E-state index < -0.39 is 10.8 Å². The van der Waals surface area contributed by atoms with Gasteiger partial charge in [-0.1, -0.05) is 24.3 Å². The average molecular weight is 520 g/mol. The number of rotatable bonds is 6. The lowest BCUT2D eigenvalue weighted by Crippen LogP contribution is -2.45. The minimum absolute atomic E-state index is 0.0639. The van der Waals surface area contributed by atoms with Crippen molar-refractivity contribution in [2.75, 3.05) is 26.0 Å². The Labute approximate surface area is 218 Å². The number of benzene rings is 2. The number of nitriles is 1. The molecule has 186 valence electrons. The quantitative estimate of drug-likeness (QED) is 0.524. The number of likely N-dealkylation sites (tertiary alicyclic amines) is 1. The summed E-state index contributed by atoms with van der Waals surface area (Å²) in [5, 5.41) is 12.0. The smallest absolute Gasteiger partial charge is 0.261 e. The van der Waals surface area contributed by atoms with Crippen molar-refractivity contribution in [3.05, 3.63) is 86.6 Å². The third kappa shape index (κ3) is 5.30. The summed E-state index contributed by atoms with van der Waals surface area (Å²) in [5.74, 6) is -0.0639. The van der Waals surface area contributed by atoms with Gasteiger partial charge in [-0.05, 0) is 66.3 Å². The molecule has 2 aliphatic heterocycles. The Kier molecular flexibility index (Phi) is 7.35. The molecule has 6 nitrogen and oxygen atoms in total. The zero-order valence-corrected chi connectivity index (χ0v) is 21.9. The molecule has 1 saturated heterocycles. The molecule has 2 aromatic carbocycles. The van der Waals surface area contributed by atoms with E-state index in [4.69, 9.17) is 10.00 Å². The lowest BCUT2D eigenvalue weighted by Gasteiger charge is -2.43. The summed E-state index contributed by atoms with van der Waals surface area (Å²) in [6, 6.07) is 19.5. The van der Waals surface area contributed by atoms with Gasteiger partial charge in [0, 0.05) is 53.0 Å². The van der Waals surface area contributed by atoms with Crippen LogP contribution in [0.25, 0.3) is 0 Å². The lowest BCUT2D eigenvalue weighted by molar-refractivity contribution is -0.0960. The molecule has 36 heavy (non-hydrogen) atoms. The predicted octanol–water partition coefficient (Wildman–Crippen LogP) is 4.35. The summed E-state index contributed by atoms with van der Waals surface area (Å²) >= 11 is 1.57. The molecule has 3 aromatic rings. The molecule has 2 aliphatic rings. The number of fused-ring (bicyclic) bond motifs is 2. The van der Waals surface area contributed by atoms with Crippen LogP contribution in [0.2, 0.25) is 0 Å². The normalized spacial score (nSPS) is 17.8. The fourth-order valence-corrected chi connectivity index (χ4v) is 6.84. The topological polar surface area (TPSA) is 82.4 Å². The predicted molar refractivity (Wildman–Crippen MR) is 141 cm³/mol. The Morgan fingerprint density at radius 3 is 2.50 bits per heavy atom. The number of hydrogen-bond donors (Lipinski definition) is 1. The van der Waals surface area contributed by atoms with E-state index in [1.165, 1.54) is 16.0 Å². The molecule has 0 bridgehead atoms. The van der Waals surface area contributed by atoms with Crippen LogP contribution in [0, 0.1) is 11.3 Å². The van der Waals surface area contributed by atoms with E-state index in [0.717, 1.165) is 54.2 Å². The summed E-state index contributed by atoms with van der Waals surface area (Å²) in [5.41, 5.74) is 3.82. The Bertz CT molecular complexity index is 1300. The van der Waals surface area contributed by atoms with E-state index >= 15 is 0 Å². The van der Waals surface area contributed by atoms with Gasteiger partial charge in [-0.15, -0.1) is 11.3 Å². The van der Waals surface area contributed by atoms with Crippen LogP contribution in [-0.2, 0) is 40.6 Å². The zero-order chi connectivity index (χ0) is 25.1. The van der Waals surface area contributed by atoms with Gasteiger partial charge in [0.15, 0.2) is 0 Å². The number of nitrogens with zero attached hydrogens (tertiary/aromatic N) is 2. The van der Waals surface area contributed by atoms with Gasteiger partial charge in [0.25, 0.3) is 5.91 Å². The highest BCUT2D eigenvalue weighted by atomic mass is 32.2. The van der Waals surface area contributed by atoms with Crippen LogP contribution in [0.4, 0.5) is 0 Å². The van der Waals surface area contributed by atoms with Crippen LogP contribution in [0.15, 0.2) is 59.5 Å². The van der Waals surface area contributed by atoms with Crippen molar-refractivity contribution in [3.8, 4) is 6.07 Å². The first kappa shape index (κ1) is 24.8. The van der Waals surface area contributed by atoms with Gasteiger partial charge in [-0.3, -0.25) is 13.9 Å². The largest absolute Gasteiger partial charge is 0.369 e. The molecular formula is C28H29N3O3S2. The number of carbonyl (C=O) groups excluding carboxylic acids is 1. The zero-order valence-electron chi connectivity index (χ0n) is 20.3. The van der Waals surface area contributed by atoms with Crippen LogP contribution in [-0.4, -0.2) is 41.0 Å². The second-order valence-electron chi connectivity index (χ2n) is 9.42. The van der Waals surface area contributed by atoms with Gasteiger partial charge in [-0.25, -0.2) is 0 Å². The number of hydrogen-bond acceptors (Lipinski definition) is 6. The molecule has 1 amide bonds. The number of carbonyl (C=O) groups is 1. The van der Waals surface area contributed by atoms with Crippen LogP contribution in [0.3, 0.4) is 0 Å². The number of ether oxygens (including phenoxy) is 1. The average Bonchev–Trinajstić information content (AvgIpc) is 3.36. The van der Waals surface area contributed by atoms with Crippen molar-refractivity contribution in [3.63, 3.8) is 0 Å². The van der Waals surface area contributed by atoms with Crippen molar-refractivity contribution in [2.24, 2.45) is 0 Å². The van der Waals surface area contributed by atoms with Crippen molar-refractivity contribution < 1.29 is 13.7 Å². The van der Waals surface area contributed by atoms with E-state index in [1.807, 2.05) is 54.6 Å². The minimum atomic E-state index is -1.01. The van der Waals surface area contributed by atoms with Crippen molar-refractivity contribution in [1.82, 2.24) is 10.2 Å². The molecule has 1 aromatic heterocycles. The molecule has 3 heterocycles. The third-order valence-corrected chi connectivity index (χ3v) is 9.36. The molecule has 0 saturated carbocycles. The monoisotopic (exact) mass is 519 g/mol. The van der Waals surface area contributed by atoms with Crippen molar-refractivity contribution in [1.29, 1.82) is 5.26 Å². The third-order valence-electron chi connectivity index (χ3n) is 7.06. The molecule has 8 heteroatoms. The van der Waals surface area contributed by atoms with Gasteiger partial charge in [0.05, 0.1) is 23.1 Å². The first-order valence-electron chi connectivity index (χ1n) is 12.1. The summed E-state index contributed by atoms with van der Waals surface area (Å²) in [6.07, 6.45) is 4.31. The number of piperidine rings is 1. The van der Waals surface area contributed by atoms with Crippen LogP contribution >= 0.6 is 11.3 Å². The van der Waals surface area contributed by atoms with E-state index in [9.17, 15) is 9.00 Å². The highest BCUT2D eigenvalue weighted by Crippen LogP contribution is 2.45. The molecule has 1 spiro atoms. The highest BCUT2D eigenvalue weighted by molar-refractivity contribution is 7.84. The van der Waals surface area contributed by atoms with Gasteiger partial charge in [0.2, 0.25) is 0 Å². The minimum Gasteiger partial charge on any atom is -0.369 e. The van der Waals surface area contributed by atoms with Gasteiger partial charge in [0.1, 0.15) is 5.60 Å². The van der Waals surface area contributed by atoms with E-state index in [1.54, 1.807) is 17.6 Å². The molecular weight excluding hydrogens is 490 g/mol. The van der Waals surface area contributed by atoms with Gasteiger partial charge >= 0.3 is 0 Å². The van der Waals surface area contributed by atoms with Gasteiger partial charge < -0.3 is 10.1 Å². The SMILES string of the molecule is CS(=O)c1ccc(CNC(=O)c2cc3c(s2)C2(CCN(Cc4ccc(C#N)cc4)CC2)OCC3)cc1. The second kappa shape index (κ2) is 10.7. The van der Waals surface area contributed by atoms with Crippen molar-refractivity contribution in [2.45, 2.75) is 42.8 Å². The number of thiophene rings is 1. The summed E-state index contributed by atoms with van der Waals surface area (Å²) in [4.78, 5) is 18.1. The first-order valence-corrected chi connectivity index (χ1v) is 14.5. The maximum absolute atomic E-state index is 13.0. The van der Waals surface area contributed by atoms with Crippen LogP contribution in [0.1, 0.15) is 49.6 Å². The fraction of sp³-hybridized carbons (Fsp3) is 0.357. The second-order valence-corrected chi connectivity index (χ2v) is 11.9. The first-order chi connectivity index (χ1) is 17.5. The molecule has 5 rings (SSSR count). The van der Waals surface area contributed by atoms with Crippen LogP contribution in [0.5, 0.6) is 0 Å². The van der Waals surface area contributed by atoms with E-state index in [2.05, 4.69) is 16.3 Å².